The summed E-state index contributed by atoms with van der Waals surface area (Å²) >= 11 is 0. The zero-order valence-corrected chi connectivity index (χ0v) is 20.1. The Bertz CT molecular complexity index is 1340. The van der Waals surface area contributed by atoms with Gasteiger partial charge in [-0.3, -0.25) is 19.3 Å². The molecular formula is C29H26N2O6. The van der Waals surface area contributed by atoms with Gasteiger partial charge < -0.3 is 9.94 Å². The van der Waals surface area contributed by atoms with Crippen molar-refractivity contribution in [2.75, 3.05) is 0 Å². The Balaban J connectivity index is 1.29. The molecule has 1 N–H and O–H groups in total. The van der Waals surface area contributed by atoms with E-state index in [9.17, 15) is 24.3 Å². The topological polar surface area (TPSA) is 104 Å². The lowest BCUT2D eigenvalue weighted by Gasteiger charge is -2.35. The lowest BCUT2D eigenvalue weighted by Crippen LogP contribution is -2.44. The van der Waals surface area contributed by atoms with Crippen LogP contribution in [0.25, 0.3) is 0 Å². The van der Waals surface area contributed by atoms with Crippen molar-refractivity contribution in [1.82, 2.24) is 9.96 Å². The average molecular weight is 499 g/mol. The number of fused-ring (bicyclic) bond motifs is 1. The fraction of sp³-hybridized carbons (Fsp3) is 0.241. The number of rotatable bonds is 8. The first kappa shape index (κ1) is 24.4. The van der Waals surface area contributed by atoms with Crippen molar-refractivity contribution < 1.29 is 29.1 Å². The van der Waals surface area contributed by atoms with E-state index in [1.165, 1.54) is 4.90 Å². The molecule has 2 heterocycles. The molecule has 5 rings (SSSR count). The lowest BCUT2D eigenvalue weighted by molar-refractivity contribution is -0.197. The van der Waals surface area contributed by atoms with Gasteiger partial charge >= 0.3 is 5.97 Å². The summed E-state index contributed by atoms with van der Waals surface area (Å²) in [4.78, 5) is 54.9. The van der Waals surface area contributed by atoms with Gasteiger partial charge in [0.05, 0.1) is 0 Å². The Kier molecular flexibility index (Phi) is 6.58. The Morgan fingerprint density at radius 3 is 2.19 bits per heavy atom. The summed E-state index contributed by atoms with van der Waals surface area (Å²) in [6.45, 7) is 0.247. The fourth-order valence-electron chi connectivity index (χ4n) is 4.82. The van der Waals surface area contributed by atoms with E-state index in [0.29, 0.717) is 34.6 Å². The van der Waals surface area contributed by atoms with Crippen molar-refractivity contribution in [3.8, 4) is 0 Å². The maximum atomic E-state index is 13.3. The van der Waals surface area contributed by atoms with Crippen LogP contribution in [0.15, 0.2) is 78.9 Å². The first-order valence-corrected chi connectivity index (χ1v) is 12.2. The van der Waals surface area contributed by atoms with Gasteiger partial charge in [-0.25, -0.2) is 4.79 Å². The summed E-state index contributed by atoms with van der Waals surface area (Å²) in [5.74, 6) is -1.87. The minimum atomic E-state index is -1.62. The Morgan fingerprint density at radius 1 is 0.838 bits per heavy atom. The molecule has 0 spiro atoms. The van der Waals surface area contributed by atoms with Gasteiger partial charge in [-0.05, 0) is 30.0 Å². The number of amides is 3. The van der Waals surface area contributed by atoms with E-state index < -0.39 is 23.5 Å². The summed E-state index contributed by atoms with van der Waals surface area (Å²) in [7, 11) is 0. The van der Waals surface area contributed by atoms with Crippen LogP contribution >= 0.6 is 0 Å². The molecule has 3 aromatic rings. The van der Waals surface area contributed by atoms with Crippen LogP contribution in [0.1, 0.15) is 58.3 Å². The van der Waals surface area contributed by atoms with Crippen LogP contribution in [0.2, 0.25) is 0 Å². The number of imide groups is 1. The molecule has 0 radical (unpaired) electrons. The first-order valence-electron chi connectivity index (χ1n) is 12.2. The molecule has 8 nitrogen and oxygen atoms in total. The van der Waals surface area contributed by atoms with E-state index in [-0.39, 0.29) is 31.7 Å². The molecule has 1 fully saturated rings. The highest BCUT2D eigenvalue weighted by Gasteiger charge is 2.49. The van der Waals surface area contributed by atoms with E-state index in [1.54, 1.807) is 36.4 Å². The minimum Gasteiger partial charge on any atom is -0.363 e. The van der Waals surface area contributed by atoms with Gasteiger partial charge in [-0.2, -0.15) is 0 Å². The molecule has 1 saturated heterocycles. The molecule has 8 heteroatoms. The number of benzene rings is 3. The van der Waals surface area contributed by atoms with Gasteiger partial charge in [-0.1, -0.05) is 72.8 Å². The van der Waals surface area contributed by atoms with E-state index >= 15 is 0 Å². The Hall–Kier alpha value is -4.30. The molecule has 0 aliphatic carbocycles. The molecule has 0 saturated carbocycles. The molecule has 3 amide bonds. The fourth-order valence-corrected chi connectivity index (χ4v) is 4.82. The maximum Gasteiger partial charge on any atom is 0.333 e. The summed E-state index contributed by atoms with van der Waals surface area (Å²) in [5.41, 5.74) is 1.79. The highest BCUT2D eigenvalue weighted by Crippen LogP contribution is 2.43. The molecule has 1 atom stereocenters. The van der Waals surface area contributed by atoms with Crippen molar-refractivity contribution >= 4 is 23.7 Å². The highest BCUT2D eigenvalue weighted by molar-refractivity contribution is 6.01. The SMILES string of the molecule is O=C(CCCc1ccc(C2(O)c3ccccc3C(=O)N2Cc2ccccc2)cc1)ON1C(=O)CCC1=O. The molecule has 2 aliphatic heterocycles. The number of aliphatic hydroxyl groups is 1. The molecule has 37 heavy (non-hydrogen) atoms. The number of nitrogens with zero attached hydrogens (tertiary/aromatic N) is 2. The normalized spacial score (nSPS) is 18.9. The second kappa shape index (κ2) is 9.99. The third kappa shape index (κ3) is 4.63. The van der Waals surface area contributed by atoms with Crippen molar-refractivity contribution in [3.05, 3.63) is 107 Å². The van der Waals surface area contributed by atoms with Crippen LogP contribution in [0.4, 0.5) is 0 Å². The number of carbonyl (C=O) groups is 4. The molecule has 0 aromatic heterocycles. The molecule has 0 bridgehead atoms. The predicted octanol–water partition coefficient (Wildman–Crippen LogP) is 3.47. The quantitative estimate of drug-likeness (QED) is 0.477. The van der Waals surface area contributed by atoms with Gasteiger partial charge in [0, 0.05) is 42.5 Å². The van der Waals surface area contributed by atoms with E-state index in [2.05, 4.69) is 0 Å². The molecule has 3 aromatic carbocycles. The van der Waals surface area contributed by atoms with Gasteiger partial charge in [0.15, 0.2) is 5.72 Å². The minimum absolute atomic E-state index is 0.0511. The highest BCUT2D eigenvalue weighted by atomic mass is 16.7. The standard InChI is InChI=1S/C29H26N2O6/c32-25-17-18-26(33)31(25)37-27(34)12-6-9-20-13-15-22(16-14-20)29(36)24-11-5-4-10-23(24)28(35)30(29)19-21-7-2-1-3-8-21/h1-5,7-8,10-11,13-16,36H,6,9,12,17-19H2. The summed E-state index contributed by atoms with van der Waals surface area (Å²) < 4.78 is 0. The van der Waals surface area contributed by atoms with Gasteiger partial charge in [0.2, 0.25) is 0 Å². The third-order valence-corrected chi connectivity index (χ3v) is 6.75. The molecule has 188 valence electrons. The molecule has 1 unspecified atom stereocenters. The zero-order chi connectivity index (χ0) is 26.0. The van der Waals surface area contributed by atoms with Crippen LogP contribution in [0.3, 0.4) is 0 Å². The number of hydrogen-bond acceptors (Lipinski definition) is 6. The van der Waals surface area contributed by atoms with Gasteiger partial charge in [0.25, 0.3) is 17.7 Å². The van der Waals surface area contributed by atoms with Crippen LogP contribution in [-0.2, 0) is 37.9 Å². The first-order chi connectivity index (χ1) is 17.9. The lowest BCUT2D eigenvalue weighted by atomic mass is 9.92. The number of hydroxylamine groups is 2. The second-order valence-corrected chi connectivity index (χ2v) is 9.19. The number of aryl methyl sites for hydroxylation is 1. The smallest absolute Gasteiger partial charge is 0.333 e. The Labute approximate surface area is 214 Å². The van der Waals surface area contributed by atoms with Crippen LogP contribution in [-0.4, -0.2) is 38.8 Å². The summed E-state index contributed by atoms with van der Waals surface area (Å²) in [5, 5.41) is 12.6. The largest absolute Gasteiger partial charge is 0.363 e. The molecule has 2 aliphatic rings. The van der Waals surface area contributed by atoms with Crippen molar-refractivity contribution in [2.24, 2.45) is 0 Å². The zero-order valence-electron chi connectivity index (χ0n) is 20.1. The van der Waals surface area contributed by atoms with E-state index in [1.807, 2.05) is 42.5 Å². The van der Waals surface area contributed by atoms with Crippen LogP contribution in [0, 0.1) is 0 Å². The van der Waals surface area contributed by atoms with Gasteiger partial charge in [0.1, 0.15) is 0 Å². The third-order valence-electron chi connectivity index (χ3n) is 6.75. The monoisotopic (exact) mass is 498 g/mol. The average Bonchev–Trinajstić information content (AvgIpc) is 3.34. The Morgan fingerprint density at radius 2 is 1.49 bits per heavy atom. The number of hydrogen-bond donors (Lipinski definition) is 1. The second-order valence-electron chi connectivity index (χ2n) is 9.19. The van der Waals surface area contributed by atoms with Crippen molar-refractivity contribution in [2.45, 2.75) is 44.4 Å². The van der Waals surface area contributed by atoms with E-state index in [0.717, 1.165) is 11.1 Å². The maximum absolute atomic E-state index is 13.3. The predicted molar refractivity (Wildman–Crippen MR) is 132 cm³/mol. The van der Waals surface area contributed by atoms with Crippen molar-refractivity contribution in [3.63, 3.8) is 0 Å². The summed E-state index contributed by atoms with van der Waals surface area (Å²) in [6, 6.07) is 23.9. The number of carbonyl (C=O) groups excluding carboxylic acids is 4. The summed E-state index contributed by atoms with van der Waals surface area (Å²) in [6.07, 6.45) is 1.18. The molecular weight excluding hydrogens is 472 g/mol. The van der Waals surface area contributed by atoms with Crippen LogP contribution < -0.4 is 0 Å². The van der Waals surface area contributed by atoms with E-state index in [4.69, 9.17) is 4.84 Å². The van der Waals surface area contributed by atoms with Crippen molar-refractivity contribution in [1.29, 1.82) is 0 Å². The van der Waals surface area contributed by atoms with Crippen LogP contribution in [0.5, 0.6) is 0 Å². The van der Waals surface area contributed by atoms with Gasteiger partial charge in [-0.15, -0.1) is 5.06 Å².